The van der Waals surface area contributed by atoms with Gasteiger partial charge in [-0.15, -0.1) is 0 Å². The first-order chi connectivity index (χ1) is 8.40. The summed E-state index contributed by atoms with van der Waals surface area (Å²) in [5.74, 6) is 1.04. The lowest BCUT2D eigenvalue weighted by molar-refractivity contribution is -0.717. The summed E-state index contributed by atoms with van der Waals surface area (Å²) in [6, 6.07) is 6.25. The lowest BCUT2D eigenvalue weighted by Gasteiger charge is -2.16. The predicted octanol–water partition coefficient (Wildman–Crippen LogP) is 2.82. The number of ether oxygens (including phenoxy) is 1. The average molecular weight is 250 g/mol. The maximum atomic E-state index is 5.84. The Bertz CT molecular complexity index is 366. The quantitative estimate of drug-likeness (QED) is 0.772. The summed E-state index contributed by atoms with van der Waals surface area (Å²) in [4.78, 5) is 0. The van der Waals surface area contributed by atoms with Gasteiger partial charge >= 0.3 is 0 Å². The van der Waals surface area contributed by atoms with Crippen molar-refractivity contribution in [2.45, 2.75) is 53.0 Å². The van der Waals surface area contributed by atoms with Gasteiger partial charge in [0.2, 0.25) is 0 Å². The van der Waals surface area contributed by atoms with E-state index in [2.05, 4.69) is 58.1 Å². The zero-order chi connectivity index (χ0) is 13.6. The Kier molecular flexibility index (Phi) is 5.67. The molecule has 0 radical (unpaired) electrons. The standard InChI is InChI=1S/C16H27NO/c1-13-9-8-10-15(14(13)2)18-12-7-6-11-17-16(3,4)5/h8-10,17H,6-7,11-12H2,1-5H3/p+1. The number of hydrogen-bond donors (Lipinski definition) is 1. The molecule has 18 heavy (non-hydrogen) atoms. The Balaban J connectivity index is 2.20. The number of unbranched alkanes of at least 4 members (excludes halogenated alkanes) is 1. The Morgan fingerprint density at radius 1 is 1.11 bits per heavy atom. The highest BCUT2D eigenvalue weighted by molar-refractivity contribution is 5.38. The van der Waals surface area contributed by atoms with E-state index in [1.54, 1.807) is 0 Å². The fourth-order valence-electron chi connectivity index (χ4n) is 1.84. The van der Waals surface area contributed by atoms with Gasteiger partial charge in [0.05, 0.1) is 18.7 Å². The first-order valence-electron chi connectivity index (χ1n) is 6.93. The normalized spacial score (nSPS) is 11.6. The molecule has 0 aliphatic carbocycles. The van der Waals surface area contributed by atoms with E-state index in [9.17, 15) is 0 Å². The monoisotopic (exact) mass is 250 g/mol. The Morgan fingerprint density at radius 2 is 1.83 bits per heavy atom. The maximum absolute atomic E-state index is 5.84. The van der Waals surface area contributed by atoms with Gasteiger partial charge in [0, 0.05) is 0 Å². The molecule has 1 rings (SSSR count). The highest BCUT2D eigenvalue weighted by Gasteiger charge is 2.11. The molecule has 1 aromatic carbocycles. The van der Waals surface area contributed by atoms with Crippen LogP contribution in [0.25, 0.3) is 0 Å². The van der Waals surface area contributed by atoms with Crippen molar-refractivity contribution in [2.75, 3.05) is 13.2 Å². The molecular formula is C16H28NO+. The minimum atomic E-state index is 0.341. The summed E-state index contributed by atoms with van der Waals surface area (Å²) >= 11 is 0. The lowest BCUT2D eigenvalue weighted by Crippen LogP contribution is -2.94. The van der Waals surface area contributed by atoms with E-state index in [4.69, 9.17) is 4.74 Å². The third-order valence-electron chi connectivity index (χ3n) is 3.17. The Morgan fingerprint density at radius 3 is 2.50 bits per heavy atom. The summed E-state index contributed by atoms with van der Waals surface area (Å²) in [5, 5.41) is 2.39. The molecule has 0 saturated heterocycles. The fourth-order valence-corrected chi connectivity index (χ4v) is 1.84. The number of aryl methyl sites for hydroxylation is 1. The van der Waals surface area contributed by atoms with E-state index in [0.717, 1.165) is 18.8 Å². The Hall–Kier alpha value is -1.02. The molecule has 0 bridgehead atoms. The fraction of sp³-hybridized carbons (Fsp3) is 0.625. The highest BCUT2D eigenvalue weighted by atomic mass is 16.5. The first kappa shape index (κ1) is 15.0. The van der Waals surface area contributed by atoms with Gasteiger partial charge in [0.1, 0.15) is 5.75 Å². The molecule has 0 unspecified atom stereocenters. The summed E-state index contributed by atoms with van der Waals surface area (Å²) in [7, 11) is 0. The molecule has 0 aromatic heterocycles. The van der Waals surface area contributed by atoms with E-state index < -0.39 is 0 Å². The largest absolute Gasteiger partial charge is 0.493 e. The van der Waals surface area contributed by atoms with Crippen molar-refractivity contribution in [1.82, 2.24) is 0 Å². The van der Waals surface area contributed by atoms with Gasteiger partial charge < -0.3 is 10.1 Å². The van der Waals surface area contributed by atoms with Crippen LogP contribution < -0.4 is 10.1 Å². The van der Waals surface area contributed by atoms with Crippen LogP contribution in [0.3, 0.4) is 0 Å². The second-order valence-electron chi connectivity index (χ2n) is 6.11. The predicted molar refractivity (Wildman–Crippen MR) is 77.2 cm³/mol. The zero-order valence-electron chi connectivity index (χ0n) is 12.5. The van der Waals surface area contributed by atoms with E-state index in [-0.39, 0.29) is 0 Å². The first-order valence-corrected chi connectivity index (χ1v) is 6.93. The minimum absolute atomic E-state index is 0.341. The van der Waals surface area contributed by atoms with Crippen molar-refractivity contribution in [2.24, 2.45) is 0 Å². The van der Waals surface area contributed by atoms with Crippen molar-refractivity contribution in [3.63, 3.8) is 0 Å². The molecule has 2 nitrogen and oxygen atoms in total. The van der Waals surface area contributed by atoms with Gasteiger partial charge in [0.15, 0.2) is 0 Å². The van der Waals surface area contributed by atoms with Gasteiger partial charge in [-0.3, -0.25) is 0 Å². The van der Waals surface area contributed by atoms with E-state index in [1.807, 2.05) is 0 Å². The van der Waals surface area contributed by atoms with Crippen LogP contribution in [0.4, 0.5) is 0 Å². The summed E-state index contributed by atoms with van der Waals surface area (Å²) in [6.45, 7) is 13.0. The number of rotatable bonds is 6. The molecule has 0 aliphatic heterocycles. The molecule has 0 saturated carbocycles. The van der Waals surface area contributed by atoms with Gasteiger partial charge in [-0.1, -0.05) is 12.1 Å². The molecular weight excluding hydrogens is 222 g/mol. The molecule has 2 N–H and O–H groups in total. The SMILES string of the molecule is Cc1cccc(OCCCC[NH2+]C(C)(C)C)c1C. The molecule has 0 atom stereocenters. The number of benzene rings is 1. The molecule has 0 spiro atoms. The third kappa shape index (κ3) is 5.54. The van der Waals surface area contributed by atoms with E-state index in [1.165, 1.54) is 24.1 Å². The van der Waals surface area contributed by atoms with Crippen molar-refractivity contribution >= 4 is 0 Å². The minimum Gasteiger partial charge on any atom is -0.493 e. The van der Waals surface area contributed by atoms with Crippen LogP contribution >= 0.6 is 0 Å². The lowest BCUT2D eigenvalue weighted by atomic mass is 10.1. The number of hydrogen-bond acceptors (Lipinski definition) is 1. The summed E-state index contributed by atoms with van der Waals surface area (Å²) in [5.41, 5.74) is 2.90. The molecule has 102 valence electrons. The van der Waals surface area contributed by atoms with Crippen LogP contribution in [0.1, 0.15) is 44.7 Å². The van der Waals surface area contributed by atoms with Gasteiger partial charge in [-0.25, -0.2) is 0 Å². The molecule has 2 heteroatoms. The number of quaternary nitrogens is 1. The molecule has 0 fully saturated rings. The second-order valence-corrected chi connectivity index (χ2v) is 6.11. The van der Waals surface area contributed by atoms with Gasteiger partial charge in [0.25, 0.3) is 0 Å². The van der Waals surface area contributed by atoms with E-state index >= 15 is 0 Å². The zero-order valence-corrected chi connectivity index (χ0v) is 12.5. The van der Waals surface area contributed by atoms with Crippen LogP contribution in [0.15, 0.2) is 18.2 Å². The van der Waals surface area contributed by atoms with Crippen molar-refractivity contribution in [1.29, 1.82) is 0 Å². The second kappa shape index (κ2) is 6.79. The molecule has 0 heterocycles. The van der Waals surface area contributed by atoms with Gasteiger partial charge in [-0.05, 0) is 64.7 Å². The van der Waals surface area contributed by atoms with Crippen molar-refractivity contribution in [3.05, 3.63) is 29.3 Å². The van der Waals surface area contributed by atoms with Crippen molar-refractivity contribution < 1.29 is 10.1 Å². The summed E-state index contributed by atoms with van der Waals surface area (Å²) < 4.78 is 5.84. The average Bonchev–Trinajstić information content (AvgIpc) is 2.27. The number of nitrogens with two attached hydrogens (primary N) is 1. The van der Waals surface area contributed by atoms with Crippen LogP contribution in [0, 0.1) is 13.8 Å². The Labute approximate surface area is 112 Å². The maximum Gasteiger partial charge on any atom is 0.122 e. The smallest absolute Gasteiger partial charge is 0.122 e. The van der Waals surface area contributed by atoms with Crippen molar-refractivity contribution in [3.8, 4) is 5.75 Å². The van der Waals surface area contributed by atoms with Crippen LogP contribution in [-0.2, 0) is 0 Å². The van der Waals surface area contributed by atoms with Gasteiger partial charge in [-0.2, -0.15) is 0 Å². The van der Waals surface area contributed by atoms with Crippen LogP contribution in [0.5, 0.6) is 5.75 Å². The molecule has 1 aromatic rings. The van der Waals surface area contributed by atoms with Crippen LogP contribution in [-0.4, -0.2) is 18.7 Å². The molecule has 0 amide bonds. The highest BCUT2D eigenvalue weighted by Crippen LogP contribution is 2.20. The van der Waals surface area contributed by atoms with Crippen LogP contribution in [0.2, 0.25) is 0 Å². The molecule has 0 aliphatic rings. The topological polar surface area (TPSA) is 25.8 Å². The summed E-state index contributed by atoms with van der Waals surface area (Å²) in [6.07, 6.45) is 2.34. The van der Waals surface area contributed by atoms with E-state index in [0.29, 0.717) is 5.54 Å². The third-order valence-corrected chi connectivity index (χ3v) is 3.17.